The highest BCUT2D eigenvalue weighted by atomic mass is 127. The van der Waals surface area contributed by atoms with Crippen molar-refractivity contribution in [1.82, 2.24) is 25.4 Å². The molecule has 1 saturated heterocycles. The first-order chi connectivity index (χ1) is 12.9. The molecule has 0 aromatic carbocycles. The normalized spacial score (nSPS) is 17.9. The summed E-state index contributed by atoms with van der Waals surface area (Å²) in [5.74, 6) is 3.56. The SMILES string of the molecule is CN=C(NCCCOCC1CCOCC1)NCc1nnc2n1CCCC2.I. The van der Waals surface area contributed by atoms with E-state index in [4.69, 9.17) is 9.47 Å². The van der Waals surface area contributed by atoms with E-state index in [2.05, 4.69) is 30.4 Å². The van der Waals surface area contributed by atoms with E-state index in [1.807, 2.05) is 0 Å². The van der Waals surface area contributed by atoms with Gasteiger partial charge in [0.15, 0.2) is 11.8 Å². The molecule has 1 aromatic rings. The summed E-state index contributed by atoms with van der Waals surface area (Å²) in [4.78, 5) is 4.27. The monoisotopic (exact) mass is 492 g/mol. The third kappa shape index (κ3) is 7.19. The Labute approximate surface area is 178 Å². The van der Waals surface area contributed by atoms with E-state index in [0.717, 1.165) is 82.8 Å². The molecule has 1 aromatic heterocycles. The zero-order chi connectivity index (χ0) is 18.0. The van der Waals surface area contributed by atoms with Gasteiger partial charge in [0, 0.05) is 53.0 Å². The van der Waals surface area contributed by atoms with Crippen molar-refractivity contribution in [2.75, 3.05) is 40.0 Å². The van der Waals surface area contributed by atoms with Crippen LogP contribution in [-0.4, -0.2) is 60.7 Å². The van der Waals surface area contributed by atoms with Crippen LogP contribution >= 0.6 is 24.0 Å². The van der Waals surface area contributed by atoms with Crippen LogP contribution in [-0.2, 0) is 29.0 Å². The van der Waals surface area contributed by atoms with Crippen LogP contribution in [0.5, 0.6) is 0 Å². The Bertz CT molecular complexity index is 574. The van der Waals surface area contributed by atoms with Crippen LogP contribution in [0.1, 0.15) is 43.8 Å². The second kappa shape index (κ2) is 12.5. The molecule has 1 fully saturated rings. The highest BCUT2D eigenvalue weighted by molar-refractivity contribution is 14.0. The molecule has 0 atom stereocenters. The van der Waals surface area contributed by atoms with E-state index in [-0.39, 0.29) is 24.0 Å². The van der Waals surface area contributed by atoms with Crippen LogP contribution < -0.4 is 10.6 Å². The number of nitrogens with one attached hydrogen (secondary N) is 2. The fraction of sp³-hybridized carbons (Fsp3) is 0.833. The molecule has 3 rings (SSSR count). The molecule has 9 heteroatoms. The van der Waals surface area contributed by atoms with Crippen molar-refractivity contribution in [3.05, 3.63) is 11.6 Å². The van der Waals surface area contributed by atoms with Gasteiger partial charge in [0.1, 0.15) is 5.82 Å². The number of rotatable bonds is 8. The summed E-state index contributed by atoms with van der Waals surface area (Å²) in [6.45, 7) is 5.90. The first-order valence-corrected chi connectivity index (χ1v) is 9.88. The number of aromatic nitrogens is 3. The number of nitrogens with zero attached hydrogens (tertiary/aromatic N) is 4. The van der Waals surface area contributed by atoms with Crippen LogP contribution in [0, 0.1) is 5.92 Å². The van der Waals surface area contributed by atoms with Gasteiger partial charge in [-0.15, -0.1) is 34.2 Å². The third-order valence-corrected chi connectivity index (χ3v) is 5.03. The molecule has 0 spiro atoms. The van der Waals surface area contributed by atoms with Crippen LogP contribution in [0.4, 0.5) is 0 Å². The molecule has 0 aliphatic carbocycles. The predicted octanol–water partition coefficient (Wildman–Crippen LogP) is 1.73. The summed E-state index contributed by atoms with van der Waals surface area (Å²) in [5, 5.41) is 15.2. The Balaban J connectivity index is 0.00000261. The van der Waals surface area contributed by atoms with E-state index in [9.17, 15) is 0 Å². The molecule has 2 aliphatic rings. The molecule has 0 unspecified atom stereocenters. The van der Waals surface area contributed by atoms with Crippen LogP contribution in [0.15, 0.2) is 4.99 Å². The second-order valence-electron chi connectivity index (χ2n) is 6.98. The lowest BCUT2D eigenvalue weighted by Crippen LogP contribution is -2.38. The molecule has 27 heavy (non-hydrogen) atoms. The van der Waals surface area contributed by atoms with Crippen LogP contribution in [0.2, 0.25) is 0 Å². The fourth-order valence-electron chi connectivity index (χ4n) is 3.43. The summed E-state index contributed by atoms with van der Waals surface area (Å²) < 4.78 is 13.4. The third-order valence-electron chi connectivity index (χ3n) is 5.03. The molecule has 0 radical (unpaired) electrons. The summed E-state index contributed by atoms with van der Waals surface area (Å²) >= 11 is 0. The lowest BCUT2D eigenvalue weighted by atomic mass is 10.0. The maximum absolute atomic E-state index is 5.79. The van der Waals surface area contributed by atoms with E-state index in [1.165, 1.54) is 12.8 Å². The largest absolute Gasteiger partial charge is 0.381 e. The second-order valence-corrected chi connectivity index (χ2v) is 6.98. The highest BCUT2D eigenvalue weighted by Crippen LogP contribution is 2.15. The molecule has 0 bridgehead atoms. The number of ether oxygens (including phenoxy) is 2. The number of hydrogen-bond donors (Lipinski definition) is 2. The average Bonchev–Trinajstić information content (AvgIpc) is 3.11. The van der Waals surface area contributed by atoms with Gasteiger partial charge in [-0.1, -0.05) is 0 Å². The number of aliphatic imine (C=N–C) groups is 1. The van der Waals surface area contributed by atoms with Crippen molar-refractivity contribution >= 4 is 29.9 Å². The molecule has 2 N–H and O–H groups in total. The number of fused-ring (bicyclic) bond motifs is 1. The zero-order valence-corrected chi connectivity index (χ0v) is 18.6. The van der Waals surface area contributed by atoms with E-state index in [0.29, 0.717) is 12.5 Å². The van der Waals surface area contributed by atoms with Gasteiger partial charge in [-0.2, -0.15) is 0 Å². The molecule has 0 saturated carbocycles. The van der Waals surface area contributed by atoms with Crippen molar-refractivity contribution in [3.63, 3.8) is 0 Å². The van der Waals surface area contributed by atoms with Gasteiger partial charge in [-0.25, -0.2) is 0 Å². The lowest BCUT2D eigenvalue weighted by Gasteiger charge is -2.21. The van der Waals surface area contributed by atoms with Gasteiger partial charge < -0.3 is 24.7 Å². The molecule has 154 valence electrons. The van der Waals surface area contributed by atoms with Crippen molar-refractivity contribution in [3.8, 4) is 0 Å². The van der Waals surface area contributed by atoms with E-state index >= 15 is 0 Å². The minimum atomic E-state index is 0. The zero-order valence-electron chi connectivity index (χ0n) is 16.3. The lowest BCUT2D eigenvalue weighted by molar-refractivity contribution is 0.0203. The molecule has 0 amide bonds. The Morgan fingerprint density at radius 1 is 1.26 bits per heavy atom. The highest BCUT2D eigenvalue weighted by Gasteiger charge is 2.16. The summed E-state index contributed by atoms with van der Waals surface area (Å²) in [6.07, 6.45) is 6.67. The molecular formula is C18H33IN6O2. The Morgan fingerprint density at radius 2 is 2.11 bits per heavy atom. The summed E-state index contributed by atoms with van der Waals surface area (Å²) in [7, 11) is 1.79. The minimum absolute atomic E-state index is 0. The van der Waals surface area contributed by atoms with Crippen molar-refractivity contribution in [1.29, 1.82) is 0 Å². The fourth-order valence-corrected chi connectivity index (χ4v) is 3.43. The van der Waals surface area contributed by atoms with Crippen molar-refractivity contribution in [2.45, 2.75) is 51.6 Å². The van der Waals surface area contributed by atoms with Crippen LogP contribution in [0.3, 0.4) is 0 Å². The first kappa shape index (κ1) is 22.4. The van der Waals surface area contributed by atoms with Gasteiger partial charge in [0.25, 0.3) is 0 Å². The number of aryl methyl sites for hydroxylation is 1. The number of guanidine groups is 1. The summed E-state index contributed by atoms with van der Waals surface area (Å²) in [6, 6.07) is 0. The summed E-state index contributed by atoms with van der Waals surface area (Å²) in [5.41, 5.74) is 0. The smallest absolute Gasteiger partial charge is 0.191 e. The van der Waals surface area contributed by atoms with Crippen molar-refractivity contribution < 1.29 is 9.47 Å². The topological polar surface area (TPSA) is 85.6 Å². The molecule has 3 heterocycles. The van der Waals surface area contributed by atoms with Gasteiger partial charge in [-0.05, 0) is 38.0 Å². The molecule has 8 nitrogen and oxygen atoms in total. The first-order valence-electron chi connectivity index (χ1n) is 9.88. The van der Waals surface area contributed by atoms with Gasteiger partial charge >= 0.3 is 0 Å². The van der Waals surface area contributed by atoms with E-state index < -0.39 is 0 Å². The molecule has 2 aliphatic heterocycles. The minimum Gasteiger partial charge on any atom is -0.381 e. The van der Waals surface area contributed by atoms with E-state index in [1.54, 1.807) is 7.05 Å². The predicted molar refractivity (Wildman–Crippen MR) is 116 cm³/mol. The Morgan fingerprint density at radius 3 is 2.93 bits per heavy atom. The maximum atomic E-state index is 5.79. The number of halogens is 1. The van der Waals surface area contributed by atoms with Gasteiger partial charge in [0.05, 0.1) is 6.54 Å². The number of hydrogen-bond acceptors (Lipinski definition) is 5. The molecular weight excluding hydrogens is 459 g/mol. The standard InChI is InChI=1S/C18H32N6O2.HI/c1-19-18(20-8-4-10-26-14-15-6-11-25-12-7-15)21-13-17-23-22-16-5-2-3-9-24(16)17;/h15H,2-14H2,1H3,(H2,19,20,21);1H. The Kier molecular flexibility index (Phi) is 10.4. The Hall–Kier alpha value is -0.940. The van der Waals surface area contributed by atoms with Crippen LogP contribution in [0.25, 0.3) is 0 Å². The quantitative estimate of drug-likeness (QED) is 0.249. The maximum Gasteiger partial charge on any atom is 0.191 e. The van der Waals surface area contributed by atoms with Gasteiger partial charge in [-0.3, -0.25) is 4.99 Å². The van der Waals surface area contributed by atoms with Crippen molar-refractivity contribution in [2.24, 2.45) is 10.9 Å². The average molecular weight is 492 g/mol. The van der Waals surface area contributed by atoms with Gasteiger partial charge in [0.2, 0.25) is 0 Å².